The first-order valence-corrected chi connectivity index (χ1v) is 11.6. The second-order valence-corrected chi connectivity index (χ2v) is 8.07. The molecule has 0 aliphatic rings. The van der Waals surface area contributed by atoms with Crippen LogP contribution >= 0.6 is 0 Å². The molecular formula is C28H25N3O4. The van der Waals surface area contributed by atoms with Gasteiger partial charge in [0.15, 0.2) is 0 Å². The van der Waals surface area contributed by atoms with Crippen molar-refractivity contribution < 1.29 is 18.5 Å². The van der Waals surface area contributed by atoms with Crippen LogP contribution in [-0.2, 0) is 11.2 Å². The Labute approximate surface area is 202 Å². The normalized spacial score (nSPS) is 11.9. The van der Waals surface area contributed by atoms with E-state index in [0.717, 1.165) is 27.8 Å². The fourth-order valence-electron chi connectivity index (χ4n) is 3.90. The van der Waals surface area contributed by atoms with Crippen molar-refractivity contribution >= 4 is 16.9 Å². The molecule has 176 valence electrons. The minimum absolute atomic E-state index is 0.139. The van der Waals surface area contributed by atoms with Crippen LogP contribution in [0.2, 0.25) is 0 Å². The van der Waals surface area contributed by atoms with Gasteiger partial charge < -0.3 is 19.0 Å². The number of hydrogen-bond donors (Lipinski definition) is 1. The van der Waals surface area contributed by atoms with Crippen LogP contribution in [0.4, 0.5) is 0 Å². The van der Waals surface area contributed by atoms with Gasteiger partial charge in [-0.3, -0.25) is 4.79 Å². The van der Waals surface area contributed by atoms with Crippen LogP contribution in [0.5, 0.6) is 5.75 Å². The van der Waals surface area contributed by atoms with Crippen molar-refractivity contribution in [2.24, 2.45) is 0 Å². The topological polar surface area (TPSA) is 90.4 Å². The van der Waals surface area contributed by atoms with Crippen LogP contribution in [0.25, 0.3) is 22.4 Å². The number of para-hydroxylation sites is 1. The van der Waals surface area contributed by atoms with E-state index < -0.39 is 6.04 Å². The molecule has 2 heterocycles. The number of carbonyl (C=O) groups excluding carboxylic acids is 1. The van der Waals surface area contributed by atoms with Crippen molar-refractivity contribution in [3.8, 4) is 17.1 Å². The SMILES string of the molecule is CCOc1ccc(-c2noc(CCC(=O)NC(c3ccccc3)c3cc4ccccc4o3)n2)cc1. The molecule has 5 aromatic rings. The van der Waals surface area contributed by atoms with E-state index in [0.29, 0.717) is 30.5 Å². The first kappa shape index (κ1) is 22.4. The zero-order chi connectivity index (χ0) is 24.0. The van der Waals surface area contributed by atoms with Gasteiger partial charge in [-0.15, -0.1) is 0 Å². The lowest BCUT2D eigenvalue weighted by molar-refractivity contribution is -0.121. The summed E-state index contributed by atoms with van der Waals surface area (Å²) in [5.74, 6) is 2.22. The molecule has 7 nitrogen and oxygen atoms in total. The Hall–Kier alpha value is -4.39. The Morgan fingerprint density at radius 2 is 1.77 bits per heavy atom. The Balaban J connectivity index is 1.26. The summed E-state index contributed by atoms with van der Waals surface area (Å²) in [7, 11) is 0. The Morgan fingerprint density at radius 3 is 2.54 bits per heavy atom. The number of aromatic nitrogens is 2. The average Bonchev–Trinajstić information content (AvgIpc) is 3.54. The highest BCUT2D eigenvalue weighted by Gasteiger charge is 2.21. The zero-order valence-corrected chi connectivity index (χ0v) is 19.3. The molecule has 0 aliphatic carbocycles. The van der Waals surface area contributed by atoms with E-state index in [-0.39, 0.29) is 12.3 Å². The summed E-state index contributed by atoms with van der Waals surface area (Å²) in [6, 6.07) is 26.6. The highest BCUT2D eigenvalue weighted by Crippen LogP contribution is 2.28. The molecule has 1 amide bonds. The molecule has 2 aromatic heterocycles. The molecule has 0 saturated heterocycles. The van der Waals surface area contributed by atoms with E-state index in [9.17, 15) is 4.79 Å². The molecule has 0 aliphatic heterocycles. The van der Waals surface area contributed by atoms with Crippen LogP contribution in [0.1, 0.15) is 36.6 Å². The van der Waals surface area contributed by atoms with Gasteiger partial charge in [-0.2, -0.15) is 4.98 Å². The lowest BCUT2D eigenvalue weighted by Gasteiger charge is -2.17. The van der Waals surface area contributed by atoms with Crippen molar-refractivity contribution in [3.63, 3.8) is 0 Å². The molecule has 0 radical (unpaired) electrons. The summed E-state index contributed by atoms with van der Waals surface area (Å²) in [5.41, 5.74) is 2.54. The summed E-state index contributed by atoms with van der Waals surface area (Å²) < 4.78 is 16.9. The molecule has 0 saturated carbocycles. The van der Waals surface area contributed by atoms with Gasteiger partial charge in [-0.25, -0.2) is 0 Å². The van der Waals surface area contributed by atoms with E-state index >= 15 is 0 Å². The van der Waals surface area contributed by atoms with E-state index in [1.165, 1.54) is 0 Å². The van der Waals surface area contributed by atoms with Crippen LogP contribution in [0.15, 0.2) is 93.9 Å². The first-order chi connectivity index (χ1) is 17.2. The van der Waals surface area contributed by atoms with E-state index in [1.807, 2.05) is 91.9 Å². The Bertz CT molecular complexity index is 1370. The molecule has 0 bridgehead atoms. The second-order valence-electron chi connectivity index (χ2n) is 8.07. The van der Waals surface area contributed by atoms with Crippen molar-refractivity contribution in [1.82, 2.24) is 15.5 Å². The quantitative estimate of drug-likeness (QED) is 0.298. The molecule has 5 rings (SSSR count). The van der Waals surface area contributed by atoms with E-state index in [2.05, 4.69) is 15.5 Å². The highest BCUT2D eigenvalue weighted by atomic mass is 16.5. The average molecular weight is 468 g/mol. The molecule has 0 fully saturated rings. The van der Waals surface area contributed by atoms with E-state index in [4.69, 9.17) is 13.7 Å². The molecule has 35 heavy (non-hydrogen) atoms. The maximum atomic E-state index is 12.9. The third kappa shape index (κ3) is 5.24. The number of ether oxygens (including phenoxy) is 1. The van der Waals surface area contributed by atoms with Gasteiger partial charge in [0, 0.05) is 23.8 Å². The summed E-state index contributed by atoms with van der Waals surface area (Å²) in [6.07, 6.45) is 0.534. The van der Waals surface area contributed by atoms with E-state index in [1.54, 1.807) is 0 Å². The predicted octanol–water partition coefficient (Wildman–Crippen LogP) is 5.72. The van der Waals surface area contributed by atoms with Gasteiger partial charge in [0.2, 0.25) is 17.6 Å². The minimum Gasteiger partial charge on any atom is -0.494 e. The summed E-state index contributed by atoms with van der Waals surface area (Å²) >= 11 is 0. The summed E-state index contributed by atoms with van der Waals surface area (Å²) in [4.78, 5) is 17.3. The van der Waals surface area contributed by atoms with Gasteiger partial charge >= 0.3 is 0 Å². The molecule has 3 aromatic carbocycles. The number of carbonyl (C=O) groups is 1. The second kappa shape index (κ2) is 10.3. The van der Waals surface area contributed by atoms with Crippen molar-refractivity contribution in [3.05, 3.63) is 102 Å². The van der Waals surface area contributed by atoms with Gasteiger partial charge in [0.05, 0.1) is 6.61 Å². The predicted molar refractivity (Wildman–Crippen MR) is 132 cm³/mol. The number of nitrogens with zero attached hydrogens (tertiary/aromatic N) is 2. The van der Waals surface area contributed by atoms with Crippen molar-refractivity contribution in [2.75, 3.05) is 6.61 Å². The fourth-order valence-corrected chi connectivity index (χ4v) is 3.90. The van der Waals surface area contributed by atoms with Crippen molar-refractivity contribution in [2.45, 2.75) is 25.8 Å². The zero-order valence-electron chi connectivity index (χ0n) is 19.3. The fraction of sp³-hybridized carbons (Fsp3) is 0.179. The summed E-state index contributed by atoms with van der Waals surface area (Å²) in [5, 5.41) is 8.14. The number of rotatable bonds is 9. The molecule has 0 spiro atoms. The molecule has 1 N–H and O–H groups in total. The Kier molecular flexibility index (Phi) is 6.57. The minimum atomic E-state index is -0.404. The number of benzene rings is 3. The van der Waals surface area contributed by atoms with Gasteiger partial charge in [0.1, 0.15) is 23.1 Å². The monoisotopic (exact) mass is 467 g/mol. The van der Waals surface area contributed by atoms with Crippen LogP contribution in [0, 0.1) is 0 Å². The molecular weight excluding hydrogens is 442 g/mol. The molecule has 1 atom stereocenters. The molecule has 7 heteroatoms. The van der Waals surface area contributed by atoms with Crippen LogP contribution < -0.4 is 10.1 Å². The molecule has 1 unspecified atom stereocenters. The van der Waals surface area contributed by atoms with Crippen molar-refractivity contribution in [1.29, 1.82) is 0 Å². The smallest absolute Gasteiger partial charge is 0.227 e. The highest BCUT2D eigenvalue weighted by molar-refractivity contribution is 5.79. The lowest BCUT2D eigenvalue weighted by atomic mass is 10.0. The van der Waals surface area contributed by atoms with Crippen LogP contribution in [0.3, 0.4) is 0 Å². The third-order valence-corrected chi connectivity index (χ3v) is 5.62. The van der Waals surface area contributed by atoms with Gasteiger partial charge in [-0.05, 0) is 48.9 Å². The number of nitrogens with one attached hydrogen (secondary N) is 1. The number of amides is 1. The lowest BCUT2D eigenvalue weighted by Crippen LogP contribution is -2.29. The maximum Gasteiger partial charge on any atom is 0.227 e. The third-order valence-electron chi connectivity index (χ3n) is 5.62. The summed E-state index contributed by atoms with van der Waals surface area (Å²) in [6.45, 7) is 2.55. The van der Waals surface area contributed by atoms with Gasteiger partial charge in [-0.1, -0.05) is 53.7 Å². The Morgan fingerprint density at radius 1 is 1.00 bits per heavy atom. The standard InChI is InChI=1S/C28H25N3O4/c1-2-33-22-14-12-20(13-15-22)28-30-26(35-31-28)17-16-25(32)29-27(19-8-4-3-5-9-19)24-18-21-10-6-7-11-23(21)34-24/h3-15,18,27H,2,16-17H2,1H3,(H,29,32). The number of aryl methyl sites for hydroxylation is 1. The van der Waals surface area contributed by atoms with Gasteiger partial charge in [0.25, 0.3) is 0 Å². The number of fused-ring (bicyclic) bond motifs is 1. The largest absolute Gasteiger partial charge is 0.494 e. The first-order valence-electron chi connectivity index (χ1n) is 11.6. The maximum absolute atomic E-state index is 12.9. The van der Waals surface area contributed by atoms with Crippen LogP contribution in [-0.4, -0.2) is 22.7 Å². The number of hydrogen-bond acceptors (Lipinski definition) is 6. The number of furan rings is 1.